The van der Waals surface area contributed by atoms with Gasteiger partial charge in [0.15, 0.2) is 0 Å². The smallest absolute Gasteiger partial charge is 0.209 e. The maximum absolute atomic E-state index is 5.80. The molecule has 0 atom stereocenters. The molecule has 6 N–H and O–H groups in total. The van der Waals surface area contributed by atoms with E-state index in [4.69, 9.17) is 11.5 Å². The summed E-state index contributed by atoms with van der Waals surface area (Å²) in [5.74, 6) is 0.691. The largest absolute Gasteiger partial charge is 0.369 e. The van der Waals surface area contributed by atoms with Crippen LogP contribution in [-0.4, -0.2) is 35.9 Å². The van der Waals surface area contributed by atoms with Crippen molar-refractivity contribution in [2.75, 3.05) is 0 Å². The van der Waals surface area contributed by atoms with Crippen molar-refractivity contribution in [1.82, 2.24) is 10.9 Å². The Labute approximate surface area is 137 Å². The second-order valence-electron chi connectivity index (χ2n) is 6.14. The summed E-state index contributed by atoms with van der Waals surface area (Å²) in [5.41, 5.74) is 17.7. The number of hydrazone groups is 2. The molecule has 0 heterocycles. The summed E-state index contributed by atoms with van der Waals surface area (Å²) in [6.45, 7) is 1.81. The quantitative estimate of drug-likeness (QED) is 0.343. The van der Waals surface area contributed by atoms with Gasteiger partial charge in [0, 0.05) is 0 Å². The van der Waals surface area contributed by atoms with E-state index in [9.17, 15) is 0 Å². The summed E-state index contributed by atoms with van der Waals surface area (Å²) < 4.78 is 0. The van der Waals surface area contributed by atoms with Gasteiger partial charge in [-0.3, -0.25) is 0 Å². The number of nitrogens with zero attached hydrogens (tertiary/aromatic N) is 4. The Kier molecular flexibility index (Phi) is 6.83. The summed E-state index contributed by atoms with van der Waals surface area (Å²) >= 11 is 0. The lowest BCUT2D eigenvalue weighted by Crippen LogP contribution is -2.30. The van der Waals surface area contributed by atoms with Gasteiger partial charge >= 0.3 is 0 Å². The number of hydrogen-bond donors (Lipinski definition) is 4. The number of nitrogens with two attached hydrogens (primary N) is 2. The zero-order valence-corrected chi connectivity index (χ0v) is 13.8. The van der Waals surface area contributed by atoms with E-state index >= 15 is 0 Å². The van der Waals surface area contributed by atoms with Gasteiger partial charge in [-0.25, -0.2) is 20.8 Å². The molecule has 0 bridgehead atoms. The van der Waals surface area contributed by atoms with Gasteiger partial charge in [-0.2, -0.15) is 10.2 Å². The lowest BCUT2D eigenvalue weighted by molar-refractivity contribution is 0.698. The molecular formula is C15H28N8. The number of rotatable bonds is 5. The topological polar surface area (TPSA) is 126 Å². The third-order valence-electron chi connectivity index (χ3n) is 4.07. The molecule has 2 fully saturated rings. The first-order chi connectivity index (χ1) is 11.1. The molecule has 0 aliphatic heterocycles. The van der Waals surface area contributed by atoms with Gasteiger partial charge in [0.2, 0.25) is 11.9 Å². The lowest BCUT2D eigenvalue weighted by Gasteiger charge is -2.05. The number of nitrogens with one attached hydrogen (secondary N) is 2. The third kappa shape index (κ3) is 6.66. The predicted octanol–water partition coefficient (Wildman–Crippen LogP) is 1.04. The van der Waals surface area contributed by atoms with Crippen molar-refractivity contribution >= 4 is 23.8 Å². The molecule has 8 heteroatoms. The number of guanidine groups is 2. The fraction of sp³-hybridized carbons (Fsp3) is 0.733. The highest BCUT2D eigenvalue weighted by Gasteiger charge is 2.14. The first-order valence-electron chi connectivity index (χ1n) is 8.39. The molecule has 0 aromatic rings. The van der Waals surface area contributed by atoms with Crippen molar-refractivity contribution in [3.8, 4) is 0 Å². The Bertz CT molecular complexity index is 482. The highest BCUT2D eigenvalue weighted by molar-refractivity contribution is 6.29. The molecule has 2 saturated carbocycles. The monoisotopic (exact) mass is 320 g/mol. The van der Waals surface area contributed by atoms with E-state index in [0.717, 1.165) is 25.7 Å². The van der Waals surface area contributed by atoms with E-state index in [1.807, 2.05) is 6.92 Å². The second kappa shape index (κ2) is 9.12. The van der Waals surface area contributed by atoms with Crippen LogP contribution in [0.15, 0.2) is 20.2 Å². The summed E-state index contributed by atoms with van der Waals surface area (Å²) in [5, 5.41) is 8.12. The van der Waals surface area contributed by atoms with Crippen LogP contribution in [0.4, 0.5) is 0 Å². The van der Waals surface area contributed by atoms with Crippen molar-refractivity contribution in [3.05, 3.63) is 0 Å². The van der Waals surface area contributed by atoms with Crippen LogP contribution in [0.2, 0.25) is 0 Å². The van der Waals surface area contributed by atoms with Gasteiger partial charge in [0.05, 0.1) is 24.0 Å². The summed E-state index contributed by atoms with van der Waals surface area (Å²) in [4.78, 5) is 8.77. The van der Waals surface area contributed by atoms with Gasteiger partial charge in [-0.1, -0.05) is 25.7 Å². The normalized spacial score (nSPS) is 22.2. The van der Waals surface area contributed by atoms with Gasteiger partial charge < -0.3 is 11.5 Å². The van der Waals surface area contributed by atoms with Gasteiger partial charge in [0.1, 0.15) is 0 Å². The van der Waals surface area contributed by atoms with E-state index < -0.39 is 0 Å². The van der Waals surface area contributed by atoms with Crippen molar-refractivity contribution in [3.63, 3.8) is 0 Å². The average Bonchev–Trinajstić information content (AvgIpc) is 3.19. The molecule has 0 saturated heterocycles. The maximum Gasteiger partial charge on any atom is 0.209 e. The maximum atomic E-state index is 5.80. The lowest BCUT2D eigenvalue weighted by atomic mass is 10.3. The third-order valence-corrected chi connectivity index (χ3v) is 4.07. The van der Waals surface area contributed by atoms with E-state index in [0.29, 0.717) is 29.7 Å². The minimum Gasteiger partial charge on any atom is -0.369 e. The van der Waals surface area contributed by atoms with Crippen LogP contribution in [0.25, 0.3) is 0 Å². The van der Waals surface area contributed by atoms with Crippen molar-refractivity contribution < 1.29 is 0 Å². The fourth-order valence-corrected chi connectivity index (χ4v) is 2.88. The second-order valence-corrected chi connectivity index (χ2v) is 6.14. The van der Waals surface area contributed by atoms with Crippen molar-refractivity contribution in [1.29, 1.82) is 0 Å². The van der Waals surface area contributed by atoms with Crippen LogP contribution in [-0.2, 0) is 0 Å². The minimum absolute atomic E-state index is 0.333. The van der Waals surface area contributed by atoms with Gasteiger partial charge in [-0.15, -0.1) is 0 Å². The first-order valence-corrected chi connectivity index (χ1v) is 8.39. The molecule has 0 amide bonds. The standard InChI is InChI=1S/C15H28N8/c1-11(21-23-15(17)20-13-8-4-5-9-13)10-18-22-14(16)19-12-6-2-3-7-12/h10,12-13H,2-9H2,1H3,(H3,16,19,22)(H3,17,20,23). The highest BCUT2D eigenvalue weighted by atomic mass is 15.4. The molecule has 2 aliphatic carbocycles. The molecule has 0 spiro atoms. The van der Waals surface area contributed by atoms with Crippen LogP contribution in [0, 0.1) is 0 Å². The molecular weight excluding hydrogens is 292 g/mol. The molecule has 2 aliphatic rings. The zero-order valence-electron chi connectivity index (χ0n) is 13.8. The minimum atomic E-state index is 0.333. The molecule has 128 valence electrons. The predicted molar refractivity (Wildman–Crippen MR) is 95.6 cm³/mol. The van der Waals surface area contributed by atoms with E-state index in [2.05, 4.69) is 31.0 Å². The Morgan fingerprint density at radius 3 is 1.87 bits per heavy atom. The van der Waals surface area contributed by atoms with Gasteiger partial charge in [0.25, 0.3) is 0 Å². The van der Waals surface area contributed by atoms with E-state index in [-0.39, 0.29) is 0 Å². The van der Waals surface area contributed by atoms with Gasteiger partial charge in [-0.05, 0) is 32.6 Å². The Morgan fingerprint density at radius 1 is 0.870 bits per heavy atom. The van der Waals surface area contributed by atoms with Crippen molar-refractivity contribution in [2.24, 2.45) is 31.7 Å². The first kappa shape index (κ1) is 17.2. The molecule has 8 nitrogen and oxygen atoms in total. The molecule has 0 radical (unpaired) electrons. The van der Waals surface area contributed by atoms with E-state index in [1.54, 1.807) is 6.21 Å². The molecule has 23 heavy (non-hydrogen) atoms. The summed E-state index contributed by atoms with van der Waals surface area (Å²) in [6.07, 6.45) is 10.9. The Morgan fingerprint density at radius 2 is 1.35 bits per heavy atom. The molecule has 0 aromatic heterocycles. The molecule has 2 rings (SSSR count). The van der Waals surface area contributed by atoms with Crippen LogP contribution >= 0.6 is 0 Å². The van der Waals surface area contributed by atoms with Crippen LogP contribution in [0.1, 0.15) is 58.3 Å². The SMILES string of the molecule is CC(C=NNC(N)=NC1CCCC1)=NNC(N)=NC1CCCC1. The van der Waals surface area contributed by atoms with Crippen LogP contribution in [0.5, 0.6) is 0 Å². The van der Waals surface area contributed by atoms with Crippen molar-refractivity contribution in [2.45, 2.75) is 70.4 Å². The zero-order chi connectivity index (χ0) is 16.5. The summed E-state index contributed by atoms with van der Waals surface area (Å²) in [6, 6.07) is 0.667. The Hall–Kier alpha value is -2.12. The average molecular weight is 320 g/mol. The van der Waals surface area contributed by atoms with Crippen LogP contribution in [0.3, 0.4) is 0 Å². The molecule has 0 aromatic carbocycles. The molecule has 0 unspecified atom stereocenters. The van der Waals surface area contributed by atoms with E-state index in [1.165, 1.54) is 25.7 Å². The fourth-order valence-electron chi connectivity index (χ4n) is 2.88. The number of hydrogen-bond acceptors (Lipinski definition) is 4. The summed E-state index contributed by atoms with van der Waals surface area (Å²) in [7, 11) is 0. The highest BCUT2D eigenvalue weighted by Crippen LogP contribution is 2.21. The van der Waals surface area contributed by atoms with Crippen LogP contribution < -0.4 is 22.3 Å². The Balaban J connectivity index is 1.72. The number of aliphatic imine (C=N–C) groups is 2.